The Labute approximate surface area is 155 Å². The average molecular weight is 353 g/mol. The zero-order valence-corrected chi connectivity index (χ0v) is 15.3. The van der Waals surface area contributed by atoms with Crippen molar-refractivity contribution in [1.82, 2.24) is 5.32 Å². The fourth-order valence-electron chi connectivity index (χ4n) is 4.16. The van der Waals surface area contributed by atoms with Gasteiger partial charge < -0.3 is 19.9 Å². The first-order valence-corrected chi connectivity index (χ1v) is 9.49. The highest BCUT2D eigenvalue weighted by Crippen LogP contribution is 2.37. The first-order valence-electron chi connectivity index (χ1n) is 9.49. The van der Waals surface area contributed by atoms with Gasteiger partial charge >= 0.3 is 0 Å². The van der Waals surface area contributed by atoms with Crippen LogP contribution in [0.25, 0.3) is 0 Å². The smallest absolute Gasteiger partial charge is 0.164 e. The van der Waals surface area contributed by atoms with Gasteiger partial charge in [-0.25, -0.2) is 0 Å². The quantitative estimate of drug-likeness (QED) is 0.887. The van der Waals surface area contributed by atoms with Gasteiger partial charge in [0.15, 0.2) is 11.5 Å². The van der Waals surface area contributed by atoms with Gasteiger partial charge in [-0.3, -0.25) is 0 Å². The van der Waals surface area contributed by atoms with Crippen molar-refractivity contribution in [3.63, 3.8) is 0 Å². The molecule has 4 heteroatoms. The van der Waals surface area contributed by atoms with E-state index >= 15 is 0 Å². The van der Waals surface area contributed by atoms with E-state index in [0.29, 0.717) is 12.5 Å². The molecule has 0 saturated carbocycles. The lowest BCUT2D eigenvalue weighted by atomic mass is 9.84. The minimum absolute atomic E-state index is 0.461. The second-order valence-electron chi connectivity index (χ2n) is 7.51. The molecule has 1 saturated heterocycles. The summed E-state index contributed by atoms with van der Waals surface area (Å²) in [5.74, 6) is 2.18. The molecule has 0 amide bonds. The SMILES string of the molecule is COc1cccc2c1OC[C@@H](Cc1ccc(C3(O)CCNCC3)cc1)C2. The van der Waals surface area contributed by atoms with Crippen LogP contribution in [0.1, 0.15) is 29.5 Å². The van der Waals surface area contributed by atoms with Crippen molar-refractivity contribution in [1.29, 1.82) is 0 Å². The predicted molar refractivity (Wildman–Crippen MR) is 102 cm³/mol. The van der Waals surface area contributed by atoms with E-state index in [4.69, 9.17) is 9.47 Å². The minimum atomic E-state index is -0.673. The van der Waals surface area contributed by atoms with Gasteiger partial charge in [0.25, 0.3) is 0 Å². The van der Waals surface area contributed by atoms with Crippen LogP contribution in [0.2, 0.25) is 0 Å². The number of aliphatic hydroxyl groups is 1. The summed E-state index contributed by atoms with van der Waals surface area (Å²) in [4.78, 5) is 0. The van der Waals surface area contributed by atoms with Crippen molar-refractivity contribution < 1.29 is 14.6 Å². The van der Waals surface area contributed by atoms with Gasteiger partial charge in [-0.1, -0.05) is 36.4 Å². The normalized spacial score (nSPS) is 21.5. The van der Waals surface area contributed by atoms with Gasteiger partial charge in [-0.15, -0.1) is 0 Å². The molecule has 2 aliphatic heterocycles. The van der Waals surface area contributed by atoms with E-state index in [9.17, 15) is 5.11 Å². The van der Waals surface area contributed by atoms with E-state index in [1.54, 1.807) is 7.11 Å². The molecular formula is C22H27NO3. The van der Waals surface area contributed by atoms with Crippen LogP contribution in [0.4, 0.5) is 0 Å². The summed E-state index contributed by atoms with van der Waals surface area (Å²) in [6.07, 6.45) is 3.55. The van der Waals surface area contributed by atoms with E-state index in [2.05, 4.69) is 35.6 Å². The Morgan fingerprint density at radius 1 is 1.15 bits per heavy atom. The zero-order chi connectivity index (χ0) is 18.0. The van der Waals surface area contributed by atoms with E-state index in [1.165, 1.54) is 11.1 Å². The second-order valence-corrected chi connectivity index (χ2v) is 7.51. The van der Waals surface area contributed by atoms with Crippen LogP contribution in [-0.2, 0) is 18.4 Å². The van der Waals surface area contributed by atoms with Crippen LogP contribution in [-0.4, -0.2) is 31.9 Å². The third kappa shape index (κ3) is 3.44. The van der Waals surface area contributed by atoms with Gasteiger partial charge in [0.05, 0.1) is 19.3 Å². The Morgan fingerprint density at radius 2 is 1.92 bits per heavy atom. The van der Waals surface area contributed by atoms with Gasteiger partial charge in [-0.2, -0.15) is 0 Å². The van der Waals surface area contributed by atoms with Crippen LogP contribution in [0.15, 0.2) is 42.5 Å². The molecule has 1 atom stereocenters. The molecule has 0 bridgehead atoms. The molecule has 2 heterocycles. The summed E-state index contributed by atoms with van der Waals surface area (Å²) in [5, 5.41) is 14.2. The van der Waals surface area contributed by atoms with Crippen molar-refractivity contribution in [3.05, 3.63) is 59.2 Å². The summed E-state index contributed by atoms with van der Waals surface area (Å²) in [7, 11) is 1.68. The van der Waals surface area contributed by atoms with Crippen molar-refractivity contribution in [3.8, 4) is 11.5 Å². The van der Waals surface area contributed by atoms with E-state index < -0.39 is 5.60 Å². The molecule has 4 rings (SSSR count). The highest BCUT2D eigenvalue weighted by molar-refractivity contribution is 5.47. The number of benzene rings is 2. The number of piperidine rings is 1. The largest absolute Gasteiger partial charge is 0.493 e. The predicted octanol–water partition coefficient (Wildman–Crippen LogP) is 3.06. The molecule has 0 aliphatic carbocycles. The average Bonchev–Trinajstić information content (AvgIpc) is 2.68. The molecule has 26 heavy (non-hydrogen) atoms. The van der Waals surface area contributed by atoms with E-state index in [-0.39, 0.29) is 0 Å². The number of ether oxygens (including phenoxy) is 2. The number of nitrogens with one attached hydrogen (secondary N) is 1. The number of para-hydroxylation sites is 1. The number of methoxy groups -OCH3 is 1. The number of hydrogen-bond acceptors (Lipinski definition) is 4. The van der Waals surface area contributed by atoms with E-state index in [0.717, 1.165) is 55.8 Å². The molecule has 0 radical (unpaired) electrons. The second kappa shape index (κ2) is 7.29. The van der Waals surface area contributed by atoms with Gasteiger partial charge in [-0.05, 0) is 61.5 Å². The van der Waals surface area contributed by atoms with E-state index in [1.807, 2.05) is 12.1 Å². The summed E-state index contributed by atoms with van der Waals surface area (Å²) in [6.45, 7) is 2.46. The Morgan fingerprint density at radius 3 is 2.65 bits per heavy atom. The molecule has 2 N–H and O–H groups in total. The van der Waals surface area contributed by atoms with Crippen molar-refractivity contribution >= 4 is 0 Å². The monoisotopic (exact) mass is 353 g/mol. The fourth-order valence-corrected chi connectivity index (χ4v) is 4.16. The van der Waals surface area contributed by atoms with Crippen molar-refractivity contribution in [2.24, 2.45) is 5.92 Å². The van der Waals surface area contributed by atoms with Crippen LogP contribution >= 0.6 is 0 Å². The number of rotatable bonds is 4. The molecule has 2 aromatic rings. The van der Waals surface area contributed by atoms with Crippen LogP contribution < -0.4 is 14.8 Å². The Kier molecular flexibility index (Phi) is 4.88. The highest BCUT2D eigenvalue weighted by atomic mass is 16.5. The number of hydrogen-bond donors (Lipinski definition) is 2. The summed E-state index contributed by atoms with van der Waals surface area (Å²) >= 11 is 0. The molecular weight excluding hydrogens is 326 g/mol. The zero-order valence-electron chi connectivity index (χ0n) is 15.3. The van der Waals surface area contributed by atoms with Crippen LogP contribution in [0.5, 0.6) is 11.5 Å². The third-order valence-corrected chi connectivity index (χ3v) is 5.70. The Hall–Kier alpha value is -2.04. The van der Waals surface area contributed by atoms with Crippen LogP contribution in [0, 0.1) is 5.92 Å². The maximum atomic E-state index is 10.8. The van der Waals surface area contributed by atoms with Gasteiger partial charge in [0.2, 0.25) is 0 Å². The fraction of sp³-hybridized carbons (Fsp3) is 0.455. The number of fused-ring (bicyclic) bond motifs is 1. The maximum absolute atomic E-state index is 10.8. The first kappa shape index (κ1) is 17.4. The maximum Gasteiger partial charge on any atom is 0.164 e. The molecule has 0 unspecified atom stereocenters. The van der Waals surface area contributed by atoms with Gasteiger partial charge in [0, 0.05) is 5.92 Å². The summed E-state index contributed by atoms with van der Waals surface area (Å²) < 4.78 is 11.4. The minimum Gasteiger partial charge on any atom is -0.493 e. The molecule has 0 aromatic heterocycles. The van der Waals surface area contributed by atoms with Gasteiger partial charge in [0.1, 0.15) is 0 Å². The Balaban J connectivity index is 1.43. The lowest BCUT2D eigenvalue weighted by molar-refractivity contribution is 0.00592. The standard InChI is InChI=1S/C22H27NO3/c1-25-20-4-2-3-18-14-17(15-26-21(18)20)13-16-5-7-19(8-6-16)22(24)9-11-23-12-10-22/h2-8,17,23-24H,9-15H2,1H3/t17-/m0/s1. The molecule has 1 fully saturated rings. The molecule has 0 spiro atoms. The van der Waals surface area contributed by atoms with Crippen LogP contribution in [0.3, 0.4) is 0 Å². The highest BCUT2D eigenvalue weighted by Gasteiger charge is 2.31. The third-order valence-electron chi connectivity index (χ3n) is 5.70. The summed E-state index contributed by atoms with van der Waals surface area (Å²) in [5.41, 5.74) is 2.89. The summed E-state index contributed by atoms with van der Waals surface area (Å²) in [6, 6.07) is 14.6. The van der Waals surface area contributed by atoms with Crippen molar-refractivity contribution in [2.75, 3.05) is 26.8 Å². The molecule has 4 nitrogen and oxygen atoms in total. The Bertz CT molecular complexity index is 750. The first-order chi connectivity index (χ1) is 12.7. The molecule has 138 valence electrons. The molecule has 2 aliphatic rings. The lowest BCUT2D eigenvalue weighted by Crippen LogP contribution is -2.39. The molecule has 2 aromatic carbocycles. The topological polar surface area (TPSA) is 50.7 Å². The lowest BCUT2D eigenvalue weighted by Gasteiger charge is -2.33. The van der Waals surface area contributed by atoms with Crippen molar-refractivity contribution in [2.45, 2.75) is 31.3 Å².